The molecule has 5 heteroatoms. The monoisotopic (exact) mass is 917 g/mol. The van der Waals surface area contributed by atoms with Gasteiger partial charge in [-0.1, -0.05) is 227 Å². The highest BCUT2D eigenvalue weighted by atomic mass is 16.6. The van der Waals surface area contributed by atoms with E-state index >= 15 is 0 Å². The molecule has 0 radical (unpaired) electrons. The number of allylic oxidation sites excluding steroid dienone is 15. The molecule has 0 bridgehead atoms. The van der Waals surface area contributed by atoms with Crippen LogP contribution in [0.2, 0.25) is 0 Å². The van der Waals surface area contributed by atoms with E-state index in [2.05, 4.69) is 118 Å². The molecule has 0 aliphatic heterocycles. The number of ether oxygens (including phenoxy) is 3. The molecule has 0 aromatic carbocycles. The minimum Gasteiger partial charge on any atom is -0.462 e. The average molecular weight is 917 g/mol. The van der Waals surface area contributed by atoms with Gasteiger partial charge in [0.15, 0.2) is 6.10 Å². The summed E-state index contributed by atoms with van der Waals surface area (Å²) in [5.74, 6) is -0.451. The molecule has 0 heterocycles. The van der Waals surface area contributed by atoms with E-state index in [1.54, 1.807) is 0 Å². The van der Waals surface area contributed by atoms with Gasteiger partial charge < -0.3 is 14.2 Å². The van der Waals surface area contributed by atoms with Gasteiger partial charge in [0, 0.05) is 12.8 Å². The van der Waals surface area contributed by atoms with E-state index in [0.717, 1.165) is 89.9 Å². The van der Waals surface area contributed by atoms with Crippen LogP contribution in [0.25, 0.3) is 0 Å². The molecule has 0 aliphatic rings. The molecular formula is C61H104O5. The molecule has 0 fully saturated rings. The van der Waals surface area contributed by atoms with Gasteiger partial charge in [-0.25, -0.2) is 0 Å². The fourth-order valence-electron chi connectivity index (χ4n) is 7.48. The van der Waals surface area contributed by atoms with Gasteiger partial charge in [0.05, 0.1) is 13.2 Å². The molecule has 1 unspecified atom stereocenters. The van der Waals surface area contributed by atoms with E-state index in [1.165, 1.54) is 128 Å². The molecule has 0 aliphatic carbocycles. The lowest BCUT2D eigenvalue weighted by Gasteiger charge is -2.18. The second-order valence-corrected chi connectivity index (χ2v) is 18.1. The Labute approximate surface area is 409 Å². The third-order valence-corrected chi connectivity index (χ3v) is 11.6. The Morgan fingerprint density at radius 1 is 0.348 bits per heavy atom. The van der Waals surface area contributed by atoms with Crippen LogP contribution in [0, 0.1) is 0 Å². The summed E-state index contributed by atoms with van der Waals surface area (Å²) in [6, 6.07) is 0. The summed E-state index contributed by atoms with van der Waals surface area (Å²) in [6.45, 7) is 7.47. The summed E-state index contributed by atoms with van der Waals surface area (Å²) >= 11 is 0. The summed E-state index contributed by atoms with van der Waals surface area (Å²) in [6.07, 6.45) is 75.8. The van der Waals surface area contributed by atoms with Crippen molar-refractivity contribution in [3.8, 4) is 0 Å². The molecule has 1 atom stereocenters. The van der Waals surface area contributed by atoms with Crippen LogP contribution < -0.4 is 0 Å². The minimum absolute atomic E-state index is 0.0462. The van der Waals surface area contributed by atoms with E-state index in [1.807, 2.05) is 0 Å². The summed E-state index contributed by atoms with van der Waals surface area (Å²) in [4.78, 5) is 25.5. The first-order chi connectivity index (χ1) is 32.6. The number of carbonyl (C=O) groups excluding carboxylic acids is 2. The zero-order valence-corrected chi connectivity index (χ0v) is 43.4. The van der Waals surface area contributed by atoms with Crippen LogP contribution >= 0.6 is 0 Å². The van der Waals surface area contributed by atoms with Crippen molar-refractivity contribution in [3.05, 3.63) is 97.2 Å². The number of esters is 2. The highest BCUT2D eigenvalue weighted by Crippen LogP contribution is 2.14. The van der Waals surface area contributed by atoms with E-state index in [0.29, 0.717) is 19.4 Å². The zero-order valence-electron chi connectivity index (χ0n) is 43.4. The van der Waals surface area contributed by atoms with E-state index in [4.69, 9.17) is 14.2 Å². The number of unbranched alkanes of at least 4 members (excludes halogenated alkanes) is 23. The number of carbonyl (C=O) groups is 2. The molecule has 5 nitrogen and oxygen atoms in total. The third kappa shape index (κ3) is 53.4. The topological polar surface area (TPSA) is 61.8 Å². The largest absolute Gasteiger partial charge is 0.462 e. The second-order valence-electron chi connectivity index (χ2n) is 18.1. The van der Waals surface area contributed by atoms with Crippen LogP contribution in [0.5, 0.6) is 0 Å². The van der Waals surface area contributed by atoms with Gasteiger partial charge in [0.1, 0.15) is 6.61 Å². The smallest absolute Gasteiger partial charge is 0.306 e. The standard InChI is InChI=1S/C61H104O5/c1-4-7-10-13-16-19-22-25-28-30-31-32-34-36-39-42-45-48-51-54-60(62)65-58-59(57-64-56-53-50-47-44-41-38-35-29-26-23-20-17-14-11-8-5-2)66-61(63)55-52-49-46-43-40-37-33-27-24-21-18-15-12-9-6-3/h8,11,16-17,19-20,25-29,33,38,41,47,50,59H,4-7,9-10,12-15,18,21-24,30-32,34-37,39-40,42-46,48-49,51-58H2,1-3H3/b11-8-,19-16-,20-17-,28-25-,29-26-,33-27-,41-38-,50-47-. The van der Waals surface area contributed by atoms with Crippen molar-refractivity contribution in [1.82, 2.24) is 0 Å². The van der Waals surface area contributed by atoms with Crippen LogP contribution in [-0.2, 0) is 23.8 Å². The van der Waals surface area contributed by atoms with Gasteiger partial charge in [0.25, 0.3) is 0 Å². The fourth-order valence-corrected chi connectivity index (χ4v) is 7.48. The molecule has 0 N–H and O–H groups in total. The highest BCUT2D eigenvalue weighted by Gasteiger charge is 2.17. The fraction of sp³-hybridized carbons (Fsp3) is 0.705. The van der Waals surface area contributed by atoms with E-state index < -0.39 is 6.10 Å². The first-order valence-corrected chi connectivity index (χ1v) is 27.8. The highest BCUT2D eigenvalue weighted by molar-refractivity contribution is 5.70. The van der Waals surface area contributed by atoms with Crippen molar-refractivity contribution in [2.75, 3.05) is 19.8 Å². The normalized spacial score (nSPS) is 13.0. The van der Waals surface area contributed by atoms with Gasteiger partial charge >= 0.3 is 11.9 Å². The molecule has 0 rings (SSSR count). The van der Waals surface area contributed by atoms with Crippen molar-refractivity contribution in [1.29, 1.82) is 0 Å². The number of hydrogen-bond donors (Lipinski definition) is 0. The Hall–Kier alpha value is -3.18. The zero-order chi connectivity index (χ0) is 47.7. The summed E-state index contributed by atoms with van der Waals surface area (Å²) in [5, 5.41) is 0. The van der Waals surface area contributed by atoms with E-state index in [9.17, 15) is 9.59 Å². The van der Waals surface area contributed by atoms with Crippen molar-refractivity contribution in [2.24, 2.45) is 0 Å². The number of hydrogen-bond acceptors (Lipinski definition) is 5. The molecule has 0 amide bonds. The van der Waals surface area contributed by atoms with Gasteiger partial charge in [0.2, 0.25) is 0 Å². The van der Waals surface area contributed by atoms with Crippen molar-refractivity contribution < 1.29 is 23.8 Å². The molecule has 378 valence electrons. The SMILES string of the molecule is CC/C=C\C/C=C\C/C=C\C/C=C\C/C=C\CCOCC(COC(=O)CCCCCCCCCCC/C=C\C/C=C\CCCCC)OC(=O)CCCCCCC/C=C\CCCCCCCC. The van der Waals surface area contributed by atoms with Gasteiger partial charge in [-0.2, -0.15) is 0 Å². The van der Waals surface area contributed by atoms with Gasteiger partial charge in [-0.3, -0.25) is 9.59 Å². The lowest BCUT2D eigenvalue weighted by atomic mass is 10.1. The molecule has 0 saturated heterocycles. The minimum atomic E-state index is -0.587. The van der Waals surface area contributed by atoms with Gasteiger partial charge in [-0.05, 0) is 109 Å². The molecule has 0 aromatic rings. The van der Waals surface area contributed by atoms with Crippen molar-refractivity contribution >= 4 is 11.9 Å². The Bertz CT molecular complexity index is 1270. The van der Waals surface area contributed by atoms with E-state index in [-0.39, 0.29) is 25.2 Å². The summed E-state index contributed by atoms with van der Waals surface area (Å²) < 4.78 is 17.3. The van der Waals surface area contributed by atoms with Crippen LogP contribution in [-0.4, -0.2) is 37.9 Å². The first kappa shape index (κ1) is 62.8. The average Bonchev–Trinajstić information content (AvgIpc) is 3.32. The Balaban J connectivity index is 4.38. The maximum absolute atomic E-state index is 12.8. The maximum atomic E-state index is 12.8. The maximum Gasteiger partial charge on any atom is 0.306 e. The Morgan fingerprint density at radius 3 is 1.14 bits per heavy atom. The predicted molar refractivity (Wildman–Crippen MR) is 288 cm³/mol. The van der Waals surface area contributed by atoms with Crippen molar-refractivity contribution in [3.63, 3.8) is 0 Å². The molecule has 0 aromatic heterocycles. The Morgan fingerprint density at radius 2 is 0.682 bits per heavy atom. The Kier molecular flexibility index (Phi) is 53.4. The first-order valence-electron chi connectivity index (χ1n) is 27.8. The second kappa shape index (κ2) is 56.1. The quantitative estimate of drug-likeness (QED) is 0.0346. The summed E-state index contributed by atoms with van der Waals surface area (Å²) in [5.41, 5.74) is 0. The lowest BCUT2D eigenvalue weighted by molar-refractivity contribution is -0.162. The van der Waals surface area contributed by atoms with Crippen LogP contribution in [0.4, 0.5) is 0 Å². The third-order valence-electron chi connectivity index (χ3n) is 11.6. The lowest BCUT2D eigenvalue weighted by Crippen LogP contribution is -2.30. The van der Waals surface area contributed by atoms with Crippen LogP contribution in [0.1, 0.15) is 252 Å². The van der Waals surface area contributed by atoms with Crippen LogP contribution in [0.3, 0.4) is 0 Å². The molecular weight excluding hydrogens is 813 g/mol. The molecule has 0 spiro atoms. The predicted octanol–water partition coefficient (Wildman–Crippen LogP) is 19.0. The molecule has 66 heavy (non-hydrogen) atoms. The van der Waals surface area contributed by atoms with Crippen LogP contribution in [0.15, 0.2) is 97.2 Å². The molecule has 0 saturated carbocycles. The van der Waals surface area contributed by atoms with Crippen molar-refractivity contribution in [2.45, 2.75) is 258 Å². The summed E-state index contributed by atoms with van der Waals surface area (Å²) in [7, 11) is 0. The number of rotatable bonds is 50. The van der Waals surface area contributed by atoms with Gasteiger partial charge in [-0.15, -0.1) is 0 Å².